The van der Waals surface area contributed by atoms with Crippen molar-refractivity contribution in [3.63, 3.8) is 0 Å². The Morgan fingerprint density at radius 1 is 1.47 bits per heavy atom. The van der Waals surface area contributed by atoms with Crippen LogP contribution in [0.1, 0.15) is 24.5 Å². The van der Waals surface area contributed by atoms with Gasteiger partial charge in [0.15, 0.2) is 0 Å². The molecular formula is C15H23NO2S. The average molecular weight is 281 g/mol. The van der Waals surface area contributed by atoms with Gasteiger partial charge in [0.05, 0.1) is 7.11 Å². The summed E-state index contributed by atoms with van der Waals surface area (Å²) in [5.74, 6) is 3.19. The van der Waals surface area contributed by atoms with Crippen molar-refractivity contribution in [1.29, 1.82) is 0 Å². The molecule has 0 amide bonds. The molecule has 2 rings (SSSR count). The molecule has 0 saturated carbocycles. The standard InChI is InChI=1S/C15H23NO2S/c1-11-7-12-8-14(17-2)13(9-15(12)18-11)10-16-5-4-6-19-3/h8-9,11,16H,4-7,10H2,1-3H3. The first-order chi connectivity index (χ1) is 9.24. The van der Waals surface area contributed by atoms with Gasteiger partial charge in [0.2, 0.25) is 0 Å². The van der Waals surface area contributed by atoms with E-state index in [1.165, 1.54) is 23.3 Å². The second-order valence-electron chi connectivity index (χ2n) is 4.93. The van der Waals surface area contributed by atoms with Gasteiger partial charge in [-0.15, -0.1) is 0 Å². The molecule has 1 aromatic rings. The van der Waals surface area contributed by atoms with Crippen LogP contribution in [-0.4, -0.2) is 31.8 Å². The van der Waals surface area contributed by atoms with Crippen molar-refractivity contribution >= 4 is 11.8 Å². The minimum atomic E-state index is 0.282. The number of hydrogen-bond acceptors (Lipinski definition) is 4. The molecule has 0 radical (unpaired) electrons. The number of thioether (sulfide) groups is 1. The van der Waals surface area contributed by atoms with Gasteiger partial charge in [-0.25, -0.2) is 0 Å². The Balaban J connectivity index is 1.98. The molecule has 1 heterocycles. The van der Waals surface area contributed by atoms with Gasteiger partial charge >= 0.3 is 0 Å². The number of fused-ring (bicyclic) bond motifs is 1. The van der Waals surface area contributed by atoms with Crippen molar-refractivity contribution < 1.29 is 9.47 Å². The lowest BCUT2D eigenvalue weighted by Crippen LogP contribution is -2.16. The van der Waals surface area contributed by atoms with Gasteiger partial charge in [-0.05, 0) is 44.0 Å². The summed E-state index contributed by atoms with van der Waals surface area (Å²) in [5, 5.41) is 3.46. The van der Waals surface area contributed by atoms with Gasteiger partial charge in [-0.2, -0.15) is 11.8 Å². The smallest absolute Gasteiger partial charge is 0.123 e. The van der Waals surface area contributed by atoms with Gasteiger partial charge in [-0.3, -0.25) is 0 Å². The molecule has 1 unspecified atom stereocenters. The van der Waals surface area contributed by atoms with Crippen LogP contribution in [0.3, 0.4) is 0 Å². The molecule has 1 aromatic carbocycles. The van der Waals surface area contributed by atoms with E-state index in [1.54, 1.807) is 7.11 Å². The Bertz CT molecular complexity index is 423. The summed E-state index contributed by atoms with van der Waals surface area (Å²) in [6.07, 6.45) is 4.60. The lowest BCUT2D eigenvalue weighted by molar-refractivity contribution is 0.254. The largest absolute Gasteiger partial charge is 0.496 e. The fourth-order valence-corrected chi connectivity index (χ4v) is 2.81. The van der Waals surface area contributed by atoms with E-state index in [0.717, 1.165) is 31.0 Å². The maximum atomic E-state index is 5.81. The lowest BCUT2D eigenvalue weighted by Gasteiger charge is -2.12. The quantitative estimate of drug-likeness (QED) is 0.779. The van der Waals surface area contributed by atoms with Gasteiger partial charge in [0, 0.05) is 24.1 Å². The van der Waals surface area contributed by atoms with E-state index in [9.17, 15) is 0 Å². The maximum Gasteiger partial charge on any atom is 0.123 e. The maximum absolute atomic E-state index is 5.81. The highest BCUT2D eigenvalue weighted by atomic mass is 32.2. The molecule has 1 aliphatic heterocycles. The third-order valence-corrected chi connectivity index (χ3v) is 4.01. The van der Waals surface area contributed by atoms with Crippen LogP contribution in [0, 0.1) is 0 Å². The van der Waals surface area contributed by atoms with Crippen molar-refractivity contribution in [1.82, 2.24) is 5.32 Å². The van der Waals surface area contributed by atoms with Gasteiger partial charge in [-0.1, -0.05) is 0 Å². The molecule has 0 bridgehead atoms. The normalized spacial score (nSPS) is 17.1. The van der Waals surface area contributed by atoms with Crippen LogP contribution in [-0.2, 0) is 13.0 Å². The van der Waals surface area contributed by atoms with Gasteiger partial charge in [0.1, 0.15) is 17.6 Å². The fourth-order valence-electron chi connectivity index (χ4n) is 2.37. The van der Waals surface area contributed by atoms with Crippen LogP contribution >= 0.6 is 11.8 Å². The number of nitrogens with one attached hydrogen (secondary N) is 1. The van der Waals surface area contributed by atoms with E-state index in [-0.39, 0.29) is 6.10 Å². The third kappa shape index (κ3) is 3.80. The Morgan fingerprint density at radius 3 is 3.05 bits per heavy atom. The second-order valence-corrected chi connectivity index (χ2v) is 5.91. The van der Waals surface area contributed by atoms with E-state index >= 15 is 0 Å². The summed E-state index contributed by atoms with van der Waals surface area (Å²) in [7, 11) is 1.73. The number of rotatable bonds is 7. The minimum absolute atomic E-state index is 0.282. The summed E-state index contributed by atoms with van der Waals surface area (Å²) in [6.45, 7) is 3.98. The number of hydrogen-bond donors (Lipinski definition) is 1. The summed E-state index contributed by atoms with van der Waals surface area (Å²) in [6, 6.07) is 4.25. The molecular weight excluding hydrogens is 258 g/mol. The Kier molecular flexibility index (Phi) is 5.40. The molecule has 0 spiro atoms. The summed E-state index contributed by atoms with van der Waals surface area (Å²) in [4.78, 5) is 0. The van der Waals surface area contributed by atoms with Crippen molar-refractivity contribution in [2.45, 2.75) is 32.4 Å². The molecule has 3 nitrogen and oxygen atoms in total. The fraction of sp³-hybridized carbons (Fsp3) is 0.600. The number of methoxy groups -OCH3 is 1. The van der Waals surface area contributed by atoms with Crippen LogP contribution < -0.4 is 14.8 Å². The van der Waals surface area contributed by atoms with Crippen LogP contribution in [0.4, 0.5) is 0 Å². The molecule has 1 aliphatic rings. The zero-order valence-corrected chi connectivity index (χ0v) is 12.8. The van der Waals surface area contributed by atoms with Gasteiger partial charge < -0.3 is 14.8 Å². The molecule has 1 N–H and O–H groups in total. The van der Waals surface area contributed by atoms with Crippen LogP contribution in [0.15, 0.2) is 12.1 Å². The summed E-state index contributed by atoms with van der Waals surface area (Å²) < 4.78 is 11.3. The molecule has 19 heavy (non-hydrogen) atoms. The first-order valence-corrected chi connectivity index (χ1v) is 8.20. The average Bonchev–Trinajstić information content (AvgIpc) is 2.76. The van der Waals surface area contributed by atoms with Crippen LogP contribution in [0.25, 0.3) is 0 Å². The Hall–Kier alpha value is -0.870. The molecule has 0 saturated heterocycles. The molecule has 0 aliphatic carbocycles. The highest BCUT2D eigenvalue weighted by Crippen LogP contribution is 2.34. The molecule has 0 aromatic heterocycles. The van der Waals surface area contributed by atoms with Crippen molar-refractivity contribution in [2.24, 2.45) is 0 Å². The minimum Gasteiger partial charge on any atom is -0.496 e. The van der Waals surface area contributed by atoms with Crippen molar-refractivity contribution in [3.05, 3.63) is 23.3 Å². The zero-order chi connectivity index (χ0) is 13.7. The van der Waals surface area contributed by atoms with E-state index in [0.29, 0.717) is 0 Å². The molecule has 1 atom stereocenters. The number of ether oxygens (including phenoxy) is 2. The predicted molar refractivity (Wildman–Crippen MR) is 81.5 cm³/mol. The van der Waals surface area contributed by atoms with Crippen LogP contribution in [0.2, 0.25) is 0 Å². The summed E-state index contributed by atoms with van der Waals surface area (Å²) in [5.41, 5.74) is 2.44. The lowest BCUT2D eigenvalue weighted by atomic mass is 10.1. The summed E-state index contributed by atoms with van der Waals surface area (Å²) >= 11 is 1.89. The molecule has 4 heteroatoms. The van der Waals surface area contributed by atoms with E-state index in [4.69, 9.17) is 9.47 Å². The van der Waals surface area contributed by atoms with E-state index in [2.05, 4.69) is 30.6 Å². The highest BCUT2D eigenvalue weighted by molar-refractivity contribution is 7.98. The van der Waals surface area contributed by atoms with Crippen molar-refractivity contribution in [2.75, 3.05) is 25.7 Å². The topological polar surface area (TPSA) is 30.5 Å². The van der Waals surface area contributed by atoms with E-state index in [1.807, 2.05) is 11.8 Å². The van der Waals surface area contributed by atoms with Crippen LogP contribution in [0.5, 0.6) is 11.5 Å². The van der Waals surface area contributed by atoms with Crippen molar-refractivity contribution in [3.8, 4) is 11.5 Å². The van der Waals surface area contributed by atoms with Gasteiger partial charge in [0.25, 0.3) is 0 Å². The highest BCUT2D eigenvalue weighted by Gasteiger charge is 2.21. The monoisotopic (exact) mass is 281 g/mol. The Labute approximate surface area is 120 Å². The SMILES string of the molecule is COc1cc2c(cc1CNCCCSC)OC(C)C2. The predicted octanol–water partition coefficient (Wildman–Crippen LogP) is 2.86. The second kappa shape index (κ2) is 7.06. The molecule has 0 fully saturated rings. The first-order valence-electron chi connectivity index (χ1n) is 6.80. The third-order valence-electron chi connectivity index (χ3n) is 3.32. The number of benzene rings is 1. The molecule has 106 valence electrons. The zero-order valence-electron chi connectivity index (χ0n) is 12.0. The first kappa shape index (κ1) is 14.5. The Morgan fingerprint density at radius 2 is 2.32 bits per heavy atom. The van der Waals surface area contributed by atoms with E-state index < -0.39 is 0 Å².